The Bertz CT molecular complexity index is 398. The summed E-state index contributed by atoms with van der Waals surface area (Å²) in [5.74, 6) is 0.585. The molecule has 0 aromatic carbocycles. The van der Waals surface area contributed by atoms with Crippen LogP contribution in [0.4, 0.5) is 0 Å². The first-order chi connectivity index (χ1) is 8.64. The normalized spacial score (nSPS) is 22.6. The third kappa shape index (κ3) is 2.46. The number of hydrogen-bond donors (Lipinski definition) is 1. The van der Waals surface area contributed by atoms with Crippen LogP contribution in [0, 0.1) is 0 Å². The highest BCUT2D eigenvalue weighted by molar-refractivity contribution is 7.11. The predicted molar refractivity (Wildman–Crippen MR) is 76.4 cm³/mol. The lowest BCUT2D eigenvalue weighted by Crippen LogP contribution is -2.24. The molecular weight excluding hydrogens is 244 g/mol. The van der Waals surface area contributed by atoms with Crippen molar-refractivity contribution < 1.29 is 4.74 Å². The maximum Gasteiger partial charge on any atom is 0.125 e. The first-order valence-electron chi connectivity index (χ1n) is 6.84. The average Bonchev–Trinajstić information content (AvgIpc) is 2.84. The minimum atomic E-state index is -0.216. The fraction of sp³-hybridized carbons (Fsp3) is 0.786. The van der Waals surface area contributed by atoms with Crippen LogP contribution in [-0.4, -0.2) is 25.7 Å². The zero-order valence-corrected chi connectivity index (χ0v) is 12.7. The molecule has 0 saturated carbocycles. The maximum absolute atomic E-state index is 5.68. The van der Waals surface area contributed by atoms with Crippen molar-refractivity contribution in [2.45, 2.75) is 51.0 Å². The Kier molecular flexibility index (Phi) is 4.41. The molecule has 1 aliphatic rings. The van der Waals surface area contributed by atoms with Crippen LogP contribution >= 0.6 is 11.3 Å². The van der Waals surface area contributed by atoms with Gasteiger partial charge in [-0.1, -0.05) is 6.92 Å². The molecule has 0 spiro atoms. The number of aromatic nitrogens is 1. The van der Waals surface area contributed by atoms with Gasteiger partial charge < -0.3 is 10.1 Å². The van der Waals surface area contributed by atoms with Crippen molar-refractivity contribution in [3.05, 3.63) is 15.6 Å². The predicted octanol–water partition coefficient (Wildman–Crippen LogP) is 3.05. The number of likely N-dealkylation sites (N-methyl/N-ethyl adjacent to an activating group) is 1. The van der Waals surface area contributed by atoms with Gasteiger partial charge in [0.05, 0.1) is 5.69 Å². The van der Waals surface area contributed by atoms with E-state index in [-0.39, 0.29) is 5.60 Å². The number of methoxy groups -OCH3 is 1. The van der Waals surface area contributed by atoms with Crippen LogP contribution in [0.3, 0.4) is 0 Å². The van der Waals surface area contributed by atoms with E-state index in [4.69, 9.17) is 9.72 Å². The molecule has 1 aromatic heterocycles. The molecule has 18 heavy (non-hydrogen) atoms. The van der Waals surface area contributed by atoms with Crippen LogP contribution in [0.15, 0.2) is 0 Å². The minimum Gasteiger partial charge on any atom is -0.371 e. The Morgan fingerprint density at radius 2 is 2.33 bits per heavy atom. The summed E-state index contributed by atoms with van der Waals surface area (Å²) in [6, 6.07) is 0. The largest absolute Gasteiger partial charge is 0.371 e. The molecule has 0 radical (unpaired) electrons. The third-order valence-electron chi connectivity index (χ3n) is 4.10. The molecule has 2 unspecified atom stereocenters. The SMILES string of the molecule is CCC(C)(OC)c1nc2c(s1)CCCC2CNC. The molecule has 0 aliphatic heterocycles. The number of nitrogens with zero attached hydrogens (tertiary/aromatic N) is 1. The molecule has 4 heteroatoms. The van der Waals surface area contributed by atoms with Gasteiger partial charge in [-0.05, 0) is 39.7 Å². The Hall–Kier alpha value is -0.450. The Morgan fingerprint density at radius 1 is 1.56 bits per heavy atom. The lowest BCUT2D eigenvalue weighted by molar-refractivity contribution is -0.00170. The molecule has 0 saturated heterocycles. The number of rotatable bonds is 5. The minimum absolute atomic E-state index is 0.216. The summed E-state index contributed by atoms with van der Waals surface area (Å²) in [7, 11) is 3.81. The summed E-state index contributed by atoms with van der Waals surface area (Å²) in [6.07, 6.45) is 4.70. The molecule has 0 bridgehead atoms. The topological polar surface area (TPSA) is 34.1 Å². The van der Waals surface area contributed by atoms with Gasteiger partial charge in [0.1, 0.15) is 10.6 Å². The van der Waals surface area contributed by atoms with E-state index in [9.17, 15) is 0 Å². The summed E-state index contributed by atoms with van der Waals surface area (Å²) in [5, 5.41) is 4.44. The summed E-state index contributed by atoms with van der Waals surface area (Å²) >= 11 is 1.86. The zero-order chi connectivity index (χ0) is 13.2. The average molecular weight is 268 g/mol. The highest BCUT2D eigenvalue weighted by Gasteiger charge is 2.32. The van der Waals surface area contributed by atoms with Crippen LogP contribution in [0.25, 0.3) is 0 Å². The Labute approximate surface area is 114 Å². The van der Waals surface area contributed by atoms with E-state index in [0.29, 0.717) is 5.92 Å². The van der Waals surface area contributed by atoms with Crippen LogP contribution in [0.2, 0.25) is 0 Å². The second kappa shape index (κ2) is 5.68. The van der Waals surface area contributed by atoms with Crippen LogP contribution in [0.5, 0.6) is 0 Å². The second-order valence-corrected chi connectivity index (χ2v) is 6.35. The molecule has 1 N–H and O–H groups in total. The fourth-order valence-electron chi connectivity index (χ4n) is 2.56. The van der Waals surface area contributed by atoms with E-state index in [1.54, 1.807) is 7.11 Å². The molecule has 1 heterocycles. The summed E-state index contributed by atoms with van der Waals surface area (Å²) in [5.41, 5.74) is 1.11. The van der Waals surface area contributed by atoms with E-state index in [0.717, 1.165) is 18.0 Å². The number of aryl methyl sites for hydroxylation is 1. The molecule has 2 atom stereocenters. The summed E-state index contributed by atoms with van der Waals surface area (Å²) < 4.78 is 5.68. The van der Waals surface area contributed by atoms with E-state index in [1.165, 1.54) is 29.8 Å². The van der Waals surface area contributed by atoms with E-state index in [1.807, 2.05) is 18.4 Å². The molecular formula is C14H24N2OS. The maximum atomic E-state index is 5.68. The standard InChI is InChI=1S/C14H24N2OS/c1-5-14(2,17-4)13-16-12-10(9-15-3)7-6-8-11(12)18-13/h10,15H,5-9H2,1-4H3. The van der Waals surface area contributed by atoms with Crippen LogP contribution in [-0.2, 0) is 16.8 Å². The van der Waals surface area contributed by atoms with Gasteiger partial charge in [0.2, 0.25) is 0 Å². The summed E-state index contributed by atoms with van der Waals surface area (Å²) in [6.45, 7) is 5.34. The van der Waals surface area contributed by atoms with Gasteiger partial charge in [0.25, 0.3) is 0 Å². The zero-order valence-electron chi connectivity index (χ0n) is 11.9. The Morgan fingerprint density at radius 3 is 2.94 bits per heavy atom. The first-order valence-corrected chi connectivity index (χ1v) is 7.66. The van der Waals surface area contributed by atoms with Gasteiger partial charge in [0.15, 0.2) is 0 Å². The lowest BCUT2D eigenvalue weighted by atomic mass is 9.91. The molecule has 0 fully saturated rings. The Balaban J connectivity index is 2.32. The lowest BCUT2D eigenvalue weighted by Gasteiger charge is -2.24. The smallest absolute Gasteiger partial charge is 0.125 e. The number of thiazole rings is 1. The van der Waals surface area contributed by atoms with Gasteiger partial charge in [-0.25, -0.2) is 4.98 Å². The first kappa shape index (κ1) is 14.0. The van der Waals surface area contributed by atoms with Crippen molar-refractivity contribution in [3.63, 3.8) is 0 Å². The van der Waals surface area contributed by atoms with Crippen LogP contribution < -0.4 is 5.32 Å². The van der Waals surface area contributed by atoms with Crippen molar-refractivity contribution in [3.8, 4) is 0 Å². The van der Waals surface area contributed by atoms with Gasteiger partial charge >= 0.3 is 0 Å². The van der Waals surface area contributed by atoms with E-state index in [2.05, 4.69) is 19.2 Å². The van der Waals surface area contributed by atoms with Crippen molar-refractivity contribution >= 4 is 11.3 Å². The second-order valence-electron chi connectivity index (χ2n) is 5.26. The number of hydrogen-bond acceptors (Lipinski definition) is 4. The highest BCUT2D eigenvalue weighted by atomic mass is 32.1. The highest BCUT2D eigenvalue weighted by Crippen LogP contribution is 2.39. The number of fused-ring (bicyclic) bond motifs is 1. The molecule has 3 nitrogen and oxygen atoms in total. The fourth-order valence-corrected chi connectivity index (χ4v) is 3.95. The quantitative estimate of drug-likeness (QED) is 0.891. The van der Waals surface area contributed by atoms with Crippen molar-refractivity contribution in [2.24, 2.45) is 0 Å². The van der Waals surface area contributed by atoms with Gasteiger partial charge in [-0.15, -0.1) is 11.3 Å². The van der Waals surface area contributed by atoms with Crippen molar-refractivity contribution in [2.75, 3.05) is 20.7 Å². The molecule has 1 aromatic rings. The molecule has 102 valence electrons. The number of nitrogens with one attached hydrogen (secondary N) is 1. The van der Waals surface area contributed by atoms with Crippen LogP contribution in [0.1, 0.15) is 54.6 Å². The monoisotopic (exact) mass is 268 g/mol. The molecule has 2 rings (SSSR count). The summed E-state index contributed by atoms with van der Waals surface area (Å²) in [4.78, 5) is 6.40. The molecule has 0 amide bonds. The van der Waals surface area contributed by atoms with E-state index < -0.39 is 0 Å². The van der Waals surface area contributed by atoms with Crippen molar-refractivity contribution in [1.29, 1.82) is 0 Å². The van der Waals surface area contributed by atoms with Gasteiger partial charge in [-0.3, -0.25) is 0 Å². The van der Waals surface area contributed by atoms with Gasteiger partial charge in [-0.2, -0.15) is 0 Å². The van der Waals surface area contributed by atoms with Crippen molar-refractivity contribution in [1.82, 2.24) is 10.3 Å². The third-order valence-corrected chi connectivity index (χ3v) is 5.47. The number of ether oxygens (including phenoxy) is 1. The van der Waals surface area contributed by atoms with Gasteiger partial charge in [0, 0.05) is 24.4 Å². The van der Waals surface area contributed by atoms with E-state index >= 15 is 0 Å². The molecule has 1 aliphatic carbocycles.